The first-order valence-corrected chi connectivity index (χ1v) is 8.84. The van der Waals surface area contributed by atoms with E-state index < -0.39 is 5.60 Å². The number of benzene rings is 1. The third-order valence-corrected chi connectivity index (χ3v) is 3.48. The first kappa shape index (κ1) is 20.8. The molecule has 0 bridgehead atoms. The Labute approximate surface area is 151 Å². The van der Waals surface area contributed by atoms with Gasteiger partial charge in [0.05, 0.1) is 0 Å². The van der Waals surface area contributed by atoms with Crippen molar-refractivity contribution in [3.8, 4) is 0 Å². The summed E-state index contributed by atoms with van der Waals surface area (Å²) in [5, 5.41) is 9.31. The molecule has 1 rings (SSSR count). The second-order valence-electron chi connectivity index (χ2n) is 6.76. The maximum Gasteiger partial charge on any atom is 0.407 e. The van der Waals surface area contributed by atoms with E-state index in [9.17, 15) is 4.79 Å². The highest BCUT2D eigenvalue weighted by Gasteiger charge is 2.15. The molecule has 0 atom stereocenters. The van der Waals surface area contributed by atoms with E-state index in [1.54, 1.807) is 7.05 Å². The van der Waals surface area contributed by atoms with Gasteiger partial charge in [-0.15, -0.1) is 0 Å². The average Bonchev–Trinajstić information content (AvgIpc) is 2.56. The lowest BCUT2D eigenvalue weighted by Crippen LogP contribution is -2.39. The Hall–Kier alpha value is -2.24. The highest BCUT2D eigenvalue weighted by molar-refractivity contribution is 5.79. The predicted octanol–water partition coefficient (Wildman–Crippen LogP) is 2.83. The van der Waals surface area contributed by atoms with Crippen LogP contribution in [0.4, 0.5) is 4.79 Å². The molecule has 0 fully saturated rings. The first-order chi connectivity index (χ1) is 11.9. The number of alkyl carbamates (subject to hydrolysis) is 1. The highest BCUT2D eigenvalue weighted by atomic mass is 16.6. The summed E-state index contributed by atoms with van der Waals surface area (Å²) in [7, 11) is 1.75. The summed E-state index contributed by atoms with van der Waals surface area (Å²) in [5.74, 6) is 0.753. The van der Waals surface area contributed by atoms with E-state index in [0.717, 1.165) is 25.3 Å². The fourth-order valence-electron chi connectivity index (χ4n) is 2.27. The van der Waals surface area contributed by atoms with Gasteiger partial charge in [0, 0.05) is 26.7 Å². The zero-order chi connectivity index (χ0) is 18.7. The van der Waals surface area contributed by atoms with E-state index in [4.69, 9.17) is 4.74 Å². The number of nitrogens with zero attached hydrogens (tertiary/aromatic N) is 1. The average molecular weight is 348 g/mol. The Morgan fingerprint density at radius 3 is 2.32 bits per heavy atom. The van der Waals surface area contributed by atoms with Gasteiger partial charge in [-0.1, -0.05) is 31.2 Å². The van der Waals surface area contributed by atoms with E-state index in [0.29, 0.717) is 13.1 Å². The Morgan fingerprint density at radius 1 is 1.08 bits per heavy atom. The largest absolute Gasteiger partial charge is 0.444 e. The van der Waals surface area contributed by atoms with Gasteiger partial charge in [0.25, 0.3) is 0 Å². The standard InChI is InChI=1S/C19H32N4O2/c1-6-15-10-7-8-11-16(15)14-23-17(20-5)21-12-9-13-22-18(24)25-19(2,3)4/h7-8,10-11H,6,9,12-14H2,1-5H3,(H,22,24)(H2,20,21,23). The molecule has 3 N–H and O–H groups in total. The number of aryl methyl sites for hydroxylation is 1. The van der Waals surface area contributed by atoms with Gasteiger partial charge in [0.1, 0.15) is 5.60 Å². The van der Waals surface area contributed by atoms with Gasteiger partial charge in [-0.2, -0.15) is 0 Å². The fourth-order valence-corrected chi connectivity index (χ4v) is 2.27. The normalized spacial score (nSPS) is 11.8. The SMILES string of the molecule is CCc1ccccc1CNC(=NC)NCCCNC(=O)OC(C)(C)C. The van der Waals surface area contributed by atoms with Crippen molar-refractivity contribution in [3.05, 3.63) is 35.4 Å². The van der Waals surface area contributed by atoms with Crippen molar-refractivity contribution in [1.82, 2.24) is 16.0 Å². The molecule has 0 aliphatic carbocycles. The molecule has 1 aromatic carbocycles. The number of rotatable bonds is 7. The molecule has 0 heterocycles. The lowest BCUT2D eigenvalue weighted by molar-refractivity contribution is 0.0527. The summed E-state index contributed by atoms with van der Waals surface area (Å²) in [4.78, 5) is 15.8. The fraction of sp³-hybridized carbons (Fsp3) is 0.579. The lowest BCUT2D eigenvalue weighted by Gasteiger charge is -2.19. The molecular weight excluding hydrogens is 316 g/mol. The van der Waals surface area contributed by atoms with Gasteiger partial charge in [-0.3, -0.25) is 4.99 Å². The van der Waals surface area contributed by atoms with E-state index in [1.807, 2.05) is 20.8 Å². The van der Waals surface area contributed by atoms with Crippen LogP contribution >= 0.6 is 0 Å². The Kier molecular flexibility index (Phi) is 8.81. The Balaban J connectivity index is 2.26. The Morgan fingerprint density at radius 2 is 1.72 bits per heavy atom. The van der Waals surface area contributed by atoms with Gasteiger partial charge in [0.15, 0.2) is 5.96 Å². The molecule has 140 valence electrons. The van der Waals surface area contributed by atoms with Crippen molar-refractivity contribution in [1.29, 1.82) is 0 Å². The molecule has 0 saturated heterocycles. The second-order valence-corrected chi connectivity index (χ2v) is 6.76. The van der Waals surface area contributed by atoms with Crippen molar-refractivity contribution in [2.75, 3.05) is 20.1 Å². The van der Waals surface area contributed by atoms with Gasteiger partial charge in [0.2, 0.25) is 0 Å². The van der Waals surface area contributed by atoms with Crippen LogP contribution in [0.3, 0.4) is 0 Å². The summed E-state index contributed by atoms with van der Waals surface area (Å²) >= 11 is 0. The highest BCUT2D eigenvalue weighted by Crippen LogP contribution is 2.08. The molecule has 0 spiro atoms. The van der Waals surface area contributed by atoms with Gasteiger partial charge in [-0.05, 0) is 44.7 Å². The smallest absolute Gasteiger partial charge is 0.407 e. The van der Waals surface area contributed by atoms with E-state index in [1.165, 1.54) is 11.1 Å². The zero-order valence-corrected chi connectivity index (χ0v) is 16.1. The molecule has 1 aromatic rings. The minimum atomic E-state index is -0.469. The quantitative estimate of drug-likeness (QED) is 0.402. The van der Waals surface area contributed by atoms with Crippen LogP contribution in [0.5, 0.6) is 0 Å². The molecule has 0 radical (unpaired) electrons. The van der Waals surface area contributed by atoms with Crippen LogP contribution in [0.2, 0.25) is 0 Å². The van der Waals surface area contributed by atoms with Gasteiger partial charge in [-0.25, -0.2) is 4.79 Å². The van der Waals surface area contributed by atoms with Crippen LogP contribution < -0.4 is 16.0 Å². The Bertz CT molecular complexity index is 565. The first-order valence-electron chi connectivity index (χ1n) is 8.84. The van der Waals surface area contributed by atoms with Crippen LogP contribution in [0, 0.1) is 0 Å². The van der Waals surface area contributed by atoms with Crippen LogP contribution in [-0.2, 0) is 17.7 Å². The summed E-state index contributed by atoms with van der Waals surface area (Å²) < 4.78 is 5.19. The molecule has 6 nitrogen and oxygen atoms in total. The van der Waals surface area contributed by atoms with Crippen LogP contribution in [0.25, 0.3) is 0 Å². The monoisotopic (exact) mass is 348 g/mol. The van der Waals surface area contributed by atoms with Crippen molar-refractivity contribution in [3.63, 3.8) is 0 Å². The van der Waals surface area contributed by atoms with Crippen molar-refractivity contribution in [2.24, 2.45) is 4.99 Å². The van der Waals surface area contributed by atoms with Crippen LogP contribution in [0.1, 0.15) is 45.2 Å². The molecule has 0 aliphatic rings. The molecule has 6 heteroatoms. The van der Waals surface area contributed by atoms with E-state index >= 15 is 0 Å². The number of nitrogens with one attached hydrogen (secondary N) is 3. The minimum absolute atomic E-state index is 0.383. The number of carbonyl (C=O) groups is 1. The molecule has 0 aliphatic heterocycles. The summed E-state index contributed by atoms with van der Waals surface area (Å²) in [6.45, 7) is 9.70. The molecular formula is C19H32N4O2. The number of hydrogen-bond acceptors (Lipinski definition) is 3. The molecule has 25 heavy (non-hydrogen) atoms. The summed E-state index contributed by atoms with van der Waals surface area (Å²) in [5.41, 5.74) is 2.15. The van der Waals surface area contributed by atoms with Crippen molar-refractivity contribution >= 4 is 12.1 Å². The number of ether oxygens (including phenoxy) is 1. The maximum atomic E-state index is 11.5. The van der Waals surface area contributed by atoms with Gasteiger partial charge >= 0.3 is 6.09 Å². The molecule has 0 saturated carbocycles. The van der Waals surface area contributed by atoms with Crippen LogP contribution in [-0.4, -0.2) is 37.8 Å². The van der Waals surface area contributed by atoms with Crippen molar-refractivity contribution < 1.29 is 9.53 Å². The predicted molar refractivity (Wildman–Crippen MR) is 103 cm³/mol. The summed E-state index contributed by atoms with van der Waals surface area (Å²) in [6, 6.07) is 8.39. The van der Waals surface area contributed by atoms with Gasteiger partial charge < -0.3 is 20.7 Å². The number of hydrogen-bond donors (Lipinski definition) is 3. The number of aliphatic imine (C=N–C) groups is 1. The lowest BCUT2D eigenvalue weighted by atomic mass is 10.1. The number of guanidine groups is 1. The number of carbonyl (C=O) groups excluding carboxylic acids is 1. The third-order valence-electron chi connectivity index (χ3n) is 3.48. The second kappa shape index (κ2) is 10.6. The minimum Gasteiger partial charge on any atom is -0.444 e. The summed E-state index contributed by atoms with van der Waals surface area (Å²) in [6.07, 6.45) is 1.41. The molecule has 0 aromatic heterocycles. The van der Waals surface area contributed by atoms with Crippen molar-refractivity contribution in [2.45, 2.75) is 52.7 Å². The van der Waals surface area contributed by atoms with E-state index in [2.05, 4.69) is 52.1 Å². The number of amides is 1. The van der Waals surface area contributed by atoms with Crippen LogP contribution in [0.15, 0.2) is 29.3 Å². The van der Waals surface area contributed by atoms with E-state index in [-0.39, 0.29) is 6.09 Å². The maximum absolute atomic E-state index is 11.5. The zero-order valence-electron chi connectivity index (χ0n) is 16.1. The topological polar surface area (TPSA) is 74.8 Å². The molecule has 0 unspecified atom stereocenters. The molecule has 1 amide bonds. The third kappa shape index (κ3) is 8.98.